The Bertz CT molecular complexity index is 1710. The van der Waals surface area contributed by atoms with E-state index < -0.39 is 67.3 Å². The van der Waals surface area contributed by atoms with Crippen LogP contribution >= 0.6 is 0 Å². The molecule has 0 radical (unpaired) electrons. The van der Waals surface area contributed by atoms with Crippen LogP contribution in [0.5, 0.6) is 0 Å². The maximum Gasteiger partial charge on any atom is 0.335 e. The summed E-state index contributed by atoms with van der Waals surface area (Å²) < 4.78 is 28.3. The van der Waals surface area contributed by atoms with E-state index in [4.69, 9.17) is 23.7 Å². The Balaban J connectivity index is 2.73. The molecular weight excluding hydrogens is 973 g/mol. The average Bonchev–Trinajstić information content (AvgIpc) is 3.42. The first-order valence-corrected chi connectivity index (χ1v) is 30.2. The van der Waals surface area contributed by atoms with Gasteiger partial charge in [0.15, 0.2) is 24.6 Å². The molecule has 77 heavy (non-hydrogen) atoms. The molecule has 0 saturated carbocycles. The molecule has 1 fully saturated rings. The third-order valence-corrected chi connectivity index (χ3v) is 13.1. The van der Waals surface area contributed by atoms with Crippen LogP contribution in [0.2, 0.25) is 0 Å². The summed E-state index contributed by atoms with van der Waals surface area (Å²) in [5, 5.41) is 31.4. The number of carbonyl (C=O) groups is 4. The fourth-order valence-corrected chi connectivity index (χ4v) is 8.49. The van der Waals surface area contributed by atoms with Crippen LogP contribution in [0.3, 0.4) is 0 Å². The van der Waals surface area contributed by atoms with Crippen LogP contribution in [0.4, 0.5) is 0 Å². The highest BCUT2D eigenvalue weighted by atomic mass is 16.7. The number of ether oxygens (including phenoxy) is 5. The molecule has 1 heterocycles. The first-order chi connectivity index (χ1) is 37.6. The molecule has 12 heteroatoms. The second-order valence-corrected chi connectivity index (χ2v) is 20.2. The van der Waals surface area contributed by atoms with Gasteiger partial charge < -0.3 is 39.0 Å². The second-order valence-electron chi connectivity index (χ2n) is 20.2. The Morgan fingerprint density at radius 1 is 0.442 bits per heavy atom. The van der Waals surface area contributed by atoms with E-state index in [-0.39, 0.29) is 25.9 Å². The van der Waals surface area contributed by atoms with Crippen LogP contribution < -0.4 is 0 Å². The Morgan fingerprint density at radius 2 is 0.857 bits per heavy atom. The predicted octanol–water partition coefficient (Wildman–Crippen LogP) is 15.7. The smallest absolute Gasteiger partial charge is 0.335 e. The monoisotopic (exact) mass is 1080 g/mol. The van der Waals surface area contributed by atoms with Crippen molar-refractivity contribution in [2.24, 2.45) is 0 Å². The summed E-state index contributed by atoms with van der Waals surface area (Å²) in [5.74, 6) is -3.25. The topological polar surface area (TPSA) is 175 Å². The number of esters is 3. The molecule has 0 bridgehead atoms. The van der Waals surface area contributed by atoms with Gasteiger partial charge in [-0.2, -0.15) is 0 Å². The minimum Gasteiger partial charge on any atom is -0.479 e. The molecule has 1 aliphatic rings. The molecule has 6 atom stereocenters. The van der Waals surface area contributed by atoms with Crippen LogP contribution in [0.1, 0.15) is 239 Å². The van der Waals surface area contributed by atoms with Crippen LogP contribution in [-0.2, 0) is 42.9 Å². The highest BCUT2D eigenvalue weighted by Gasteiger charge is 2.50. The number of aliphatic hydroxyl groups excluding tert-OH is 2. The number of carboxylic acids is 1. The van der Waals surface area contributed by atoms with Gasteiger partial charge in [0.1, 0.15) is 18.8 Å². The van der Waals surface area contributed by atoms with Crippen molar-refractivity contribution in [1.29, 1.82) is 0 Å². The van der Waals surface area contributed by atoms with Gasteiger partial charge in [-0.1, -0.05) is 214 Å². The zero-order chi connectivity index (χ0) is 56.1. The van der Waals surface area contributed by atoms with Crippen molar-refractivity contribution in [2.75, 3.05) is 13.2 Å². The lowest BCUT2D eigenvalue weighted by molar-refractivity contribution is -0.301. The normalized spacial score (nSPS) is 18.7. The van der Waals surface area contributed by atoms with Gasteiger partial charge in [-0.15, -0.1) is 0 Å². The number of rotatable bonds is 50. The van der Waals surface area contributed by atoms with E-state index in [1.165, 1.54) is 70.6 Å². The fourth-order valence-electron chi connectivity index (χ4n) is 8.49. The van der Waals surface area contributed by atoms with Crippen LogP contribution in [0, 0.1) is 0 Å². The van der Waals surface area contributed by atoms with Gasteiger partial charge in [0.2, 0.25) is 0 Å². The number of unbranched alkanes of at least 4 members (excludes halogenated alkanes) is 20. The van der Waals surface area contributed by atoms with E-state index in [2.05, 4.69) is 106 Å². The van der Waals surface area contributed by atoms with E-state index in [1.54, 1.807) is 0 Å². The van der Waals surface area contributed by atoms with Crippen molar-refractivity contribution in [1.82, 2.24) is 0 Å². The lowest BCUT2D eigenvalue weighted by Gasteiger charge is -2.40. The van der Waals surface area contributed by atoms with Crippen molar-refractivity contribution in [3.63, 3.8) is 0 Å². The van der Waals surface area contributed by atoms with Crippen molar-refractivity contribution in [2.45, 2.75) is 276 Å². The number of carbonyl (C=O) groups excluding carboxylic acids is 3. The van der Waals surface area contributed by atoms with E-state index in [0.29, 0.717) is 19.3 Å². The average molecular weight is 1080 g/mol. The number of aliphatic carboxylic acids is 1. The molecular formula is C65H106O12. The van der Waals surface area contributed by atoms with Crippen LogP contribution in [0.15, 0.2) is 97.2 Å². The number of hydrogen-bond donors (Lipinski definition) is 3. The molecule has 0 amide bonds. The molecule has 1 aliphatic heterocycles. The standard InChI is InChI=1S/C65H106O12/c1-4-7-10-13-16-19-22-24-26-28-29-31-32-34-37-39-42-45-48-51-57(66)73-54-56(75-58(67)52-49-46-43-41-38-35-33-30-27-25-23-20-17-14-11-8-5-2)55-74-65-63(61(70)60(69)62(77-65)64(71)72)76-59(68)53-50-47-44-40-36-21-18-15-12-9-6-3/h7,10,15-16,18-19,24-27,29,31,34,37,42,45,56,60-63,65,69-70H,4-6,8-9,11-14,17,20-23,28,30,32-33,35-36,38-41,43-44,46-55H2,1-3H3,(H,71,72)/b10-7-,18-15-,19-16-,26-24-,27-25-,31-29-,37-34-,45-42-. The van der Waals surface area contributed by atoms with Crippen molar-refractivity contribution < 1.29 is 58.2 Å². The molecule has 0 spiro atoms. The SMILES string of the molecule is CC/C=C\C/C=C\C/C=C\C/C=C\C/C=C\C/C=C\CCC(=O)OCC(COC1OC(C(=O)O)C(O)C(O)C1OC(=O)CCCCCCC/C=C\CCCC)OC(=O)CCCCCCCCC/C=C\CCCCCCCC. The molecule has 3 N–H and O–H groups in total. The van der Waals surface area contributed by atoms with Gasteiger partial charge in [0.25, 0.3) is 0 Å². The molecule has 0 aromatic rings. The third-order valence-electron chi connectivity index (χ3n) is 13.1. The summed E-state index contributed by atoms with van der Waals surface area (Å²) in [5.41, 5.74) is 0. The fraction of sp³-hybridized carbons (Fsp3) is 0.692. The number of hydrogen-bond acceptors (Lipinski definition) is 11. The summed E-state index contributed by atoms with van der Waals surface area (Å²) in [4.78, 5) is 51.1. The molecule has 0 aromatic heterocycles. The molecule has 1 saturated heterocycles. The van der Waals surface area contributed by atoms with E-state index in [0.717, 1.165) is 109 Å². The third kappa shape index (κ3) is 42.3. The van der Waals surface area contributed by atoms with E-state index in [9.17, 15) is 34.5 Å². The molecule has 0 aromatic carbocycles. The zero-order valence-electron chi connectivity index (χ0n) is 48.2. The lowest BCUT2D eigenvalue weighted by atomic mass is 9.98. The van der Waals surface area contributed by atoms with E-state index >= 15 is 0 Å². The summed E-state index contributed by atoms with van der Waals surface area (Å²) >= 11 is 0. The van der Waals surface area contributed by atoms with Gasteiger partial charge in [0, 0.05) is 19.3 Å². The van der Waals surface area contributed by atoms with Crippen molar-refractivity contribution in [3.8, 4) is 0 Å². The number of carboxylic acid groups (broad SMARTS) is 1. The minimum absolute atomic E-state index is 0.0388. The Kier molecular flexibility index (Phi) is 48.0. The van der Waals surface area contributed by atoms with E-state index in [1.807, 2.05) is 12.2 Å². The minimum atomic E-state index is -1.92. The highest BCUT2D eigenvalue weighted by Crippen LogP contribution is 2.26. The van der Waals surface area contributed by atoms with Crippen molar-refractivity contribution >= 4 is 23.9 Å². The summed E-state index contributed by atoms with van der Waals surface area (Å²) in [6.07, 6.45) is 56.8. The van der Waals surface area contributed by atoms with Gasteiger partial charge >= 0.3 is 23.9 Å². The molecule has 438 valence electrons. The molecule has 0 aliphatic carbocycles. The predicted molar refractivity (Wildman–Crippen MR) is 312 cm³/mol. The number of aliphatic hydroxyl groups is 2. The molecule has 1 rings (SSSR count). The highest BCUT2D eigenvalue weighted by molar-refractivity contribution is 5.74. The van der Waals surface area contributed by atoms with Gasteiger partial charge in [-0.25, -0.2) is 4.79 Å². The second kappa shape index (κ2) is 52.3. The Morgan fingerprint density at radius 3 is 1.34 bits per heavy atom. The summed E-state index contributed by atoms with van der Waals surface area (Å²) in [6.45, 7) is 5.76. The molecule has 6 unspecified atom stereocenters. The van der Waals surface area contributed by atoms with Gasteiger partial charge in [0.05, 0.1) is 6.61 Å². The Hall–Kier alpha value is -4.36. The van der Waals surface area contributed by atoms with Gasteiger partial charge in [-0.05, 0) is 103 Å². The maximum atomic E-state index is 13.2. The largest absolute Gasteiger partial charge is 0.479 e. The molecule has 12 nitrogen and oxygen atoms in total. The first kappa shape index (κ1) is 70.7. The van der Waals surface area contributed by atoms with Gasteiger partial charge in [-0.3, -0.25) is 14.4 Å². The summed E-state index contributed by atoms with van der Waals surface area (Å²) in [6, 6.07) is 0. The Labute approximate surface area is 466 Å². The summed E-state index contributed by atoms with van der Waals surface area (Å²) in [7, 11) is 0. The number of allylic oxidation sites excluding steroid dienone is 16. The quantitative estimate of drug-likeness (QED) is 0.0228. The first-order valence-electron chi connectivity index (χ1n) is 30.2. The van der Waals surface area contributed by atoms with Crippen LogP contribution in [0.25, 0.3) is 0 Å². The van der Waals surface area contributed by atoms with Crippen molar-refractivity contribution in [3.05, 3.63) is 97.2 Å². The van der Waals surface area contributed by atoms with Crippen LogP contribution in [-0.4, -0.2) is 89.2 Å². The maximum absolute atomic E-state index is 13.2. The zero-order valence-corrected chi connectivity index (χ0v) is 48.2. The lowest BCUT2D eigenvalue weighted by Crippen LogP contribution is -2.61.